The number of allylic oxidation sites excluding steroid dienone is 1. The molecule has 0 aromatic heterocycles. The van der Waals surface area contributed by atoms with Crippen molar-refractivity contribution in [3.05, 3.63) is 12.2 Å². The van der Waals surface area contributed by atoms with Crippen LogP contribution in [0.15, 0.2) is 12.2 Å². The normalized spacial score (nSPS) is 44.1. The molecule has 0 radical (unpaired) electrons. The Morgan fingerprint density at radius 3 is 2.50 bits per heavy atom. The van der Waals surface area contributed by atoms with Gasteiger partial charge in [-0.05, 0) is 29.2 Å². The maximum atomic E-state index is 11.6. The molecule has 0 N–H and O–H groups in total. The second-order valence-electron chi connectivity index (χ2n) is 4.89. The number of carbonyl (C=O) groups excluding carboxylic acids is 1. The van der Waals surface area contributed by atoms with E-state index in [0.29, 0.717) is 23.0 Å². The van der Waals surface area contributed by atoms with Gasteiger partial charge < -0.3 is 0 Å². The van der Waals surface area contributed by atoms with Crippen molar-refractivity contribution >= 4 is 5.78 Å². The summed E-state index contributed by atoms with van der Waals surface area (Å²) in [6, 6.07) is 0. The van der Waals surface area contributed by atoms with Gasteiger partial charge in [0.2, 0.25) is 0 Å². The highest BCUT2D eigenvalue weighted by Gasteiger charge is 2.57. The molecule has 1 heteroatoms. The van der Waals surface area contributed by atoms with E-state index < -0.39 is 0 Å². The third kappa shape index (κ3) is 0.675. The van der Waals surface area contributed by atoms with Gasteiger partial charge in [-0.15, -0.1) is 0 Å². The summed E-state index contributed by atoms with van der Waals surface area (Å²) in [6.07, 6.45) is 1.19. The lowest BCUT2D eigenvalue weighted by Gasteiger charge is -2.59. The standard InChI is InChI=1S/C11H16O/c1-6-8-5-9(11(8,3)4)7(2)10(6)12/h7-9H,1,5H2,2-4H3/t7-,8-,9+/m0/s1. The molecule has 12 heavy (non-hydrogen) atoms. The first-order chi connectivity index (χ1) is 5.46. The molecule has 0 amide bonds. The second kappa shape index (κ2) is 2.01. The molecule has 2 bridgehead atoms. The van der Waals surface area contributed by atoms with Crippen molar-refractivity contribution in [1.29, 1.82) is 0 Å². The van der Waals surface area contributed by atoms with Crippen LogP contribution in [-0.2, 0) is 4.79 Å². The van der Waals surface area contributed by atoms with Crippen molar-refractivity contribution in [3.8, 4) is 0 Å². The number of hydrogen-bond acceptors (Lipinski definition) is 1. The highest BCUT2D eigenvalue weighted by Crippen LogP contribution is 2.61. The molecule has 3 aliphatic rings. The number of fused-ring (bicyclic) bond motifs is 2. The van der Waals surface area contributed by atoms with Gasteiger partial charge in [0.25, 0.3) is 0 Å². The minimum absolute atomic E-state index is 0.220. The maximum Gasteiger partial charge on any atom is 0.161 e. The first-order valence-electron chi connectivity index (χ1n) is 4.69. The van der Waals surface area contributed by atoms with Gasteiger partial charge >= 0.3 is 0 Å². The lowest BCUT2D eigenvalue weighted by Crippen LogP contribution is -2.56. The average molecular weight is 164 g/mol. The Hall–Kier alpha value is -0.590. The molecule has 0 heterocycles. The average Bonchev–Trinajstić information content (AvgIpc) is 1.98. The molecule has 0 saturated heterocycles. The van der Waals surface area contributed by atoms with Gasteiger partial charge in [-0.2, -0.15) is 0 Å². The van der Waals surface area contributed by atoms with Crippen LogP contribution in [0.4, 0.5) is 0 Å². The molecular formula is C11H16O. The van der Waals surface area contributed by atoms with Crippen LogP contribution < -0.4 is 0 Å². The van der Waals surface area contributed by atoms with E-state index in [1.54, 1.807) is 0 Å². The summed E-state index contributed by atoms with van der Waals surface area (Å²) in [4.78, 5) is 11.6. The minimum atomic E-state index is 0.220. The van der Waals surface area contributed by atoms with Crippen molar-refractivity contribution in [3.63, 3.8) is 0 Å². The van der Waals surface area contributed by atoms with Gasteiger partial charge in [0, 0.05) is 5.92 Å². The predicted octanol–water partition coefficient (Wildman–Crippen LogP) is 2.42. The van der Waals surface area contributed by atoms with E-state index in [1.807, 2.05) is 0 Å². The summed E-state index contributed by atoms with van der Waals surface area (Å²) >= 11 is 0. The van der Waals surface area contributed by atoms with Crippen molar-refractivity contribution in [2.24, 2.45) is 23.2 Å². The molecule has 0 spiro atoms. The second-order valence-corrected chi connectivity index (χ2v) is 4.89. The number of hydrogen-bond donors (Lipinski definition) is 0. The van der Waals surface area contributed by atoms with Crippen LogP contribution in [0.1, 0.15) is 27.2 Å². The molecule has 3 saturated carbocycles. The maximum absolute atomic E-state index is 11.6. The summed E-state index contributed by atoms with van der Waals surface area (Å²) in [6.45, 7) is 10.5. The molecule has 3 atom stereocenters. The summed E-state index contributed by atoms with van der Waals surface area (Å²) in [7, 11) is 0. The highest BCUT2D eigenvalue weighted by molar-refractivity contribution is 5.99. The zero-order chi connectivity index (χ0) is 9.09. The monoisotopic (exact) mass is 164 g/mol. The molecule has 3 rings (SSSR count). The third-order valence-electron chi connectivity index (χ3n) is 4.10. The van der Waals surface area contributed by atoms with E-state index in [2.05, 4.69) is 27.4 Å². The molecule has 0 aromatic rings. The van der Waals surface area contributed by atoms with Gasteiger partial charge in [0.1, 0.15) is 0 Å². The van der Waals surface area contributed by atoms with Gasteiger partial charge in [0.15, 0.2) is 5.78 Å². The van der Waals surface area contributed by atoms with Crippen molar-refractivity contribution in [1.82, 2.24) is 0 Å². The zero-order valence-electron chi connectivity index (χ0n) is 8.05. The van der Waals surface area contributed by atoms with Crippen molar-refractivity contribution in [2.45, 2.75) is 27.2 Å². The van der Waals surface area contributed by atoms with E-state index in [4.69, 9.17) is 0 Å². The van der Waals surface area contributed by atoms with E-state index >= 15 is 0 Å². The Morgan fingerprint density at radius 2 is 2.08 bits per heavy atom. The number of carbonyl (C=O) groups is 1. The molecule has 3 fully saturated rings. The van der Waals surface area contributed by atoms with Crippen molar-refractivity contribution in [2.75, 3.05) is 0 Å². The molecular weight excluding hydrogens is 148 g/mol. The fourth-order valence-electron chi connectivity index (χ4n) is 3.05. The SMILES string of the molecule is C=C1C(=O)[C@@H](C)[C@H]2C[C@@H]1C2(C)C. The Kier molecular flexibility index (Phi) is 1.35. The van der Waals surface area contributed by atoms with Gasteiger partial charge in [-0.25, -0.2) is 0 Å². The van der Waals surface area contributed by atoms with E-state index in [1.165, 1.54) is 6.42 Å². The summed E-state index contributed by atoms with van der Waals surface area (Å²) in [5, 5.41) is 0. The lowest BCUT2D eigenvalue weighted by atomic mass is 9.44. The molecule has 1 nitrogen and oxygen atoms in total. The van der Waals surface area contributed by atoms with Crippen LogP contribution in [0, 0.1) is 23.2 Å². The van der Waals surface area contributed by atoms with Crippen LogP contribution in [0.3, 0.4) is 0 Å². The fourth-order valence-corrected chi connectivity index (χ4v) is 3.05. The molecule has 0 aliphatic heterocycles. The Morgan fingerprint density at radius 1 is 1.50 bits per heavy atom. The summed E-state index contributed by atoms with van der Waals surface area (Å²) in [5.74, 6) is 1.62. The fraction of sp³-hybridized carbons (Fsp3) is 0.727. The molecule has 0 unspecified atom stereocenters. The Balaban J connectivity index is 2.36. The largest absolute Gasteiger partial charge is 0.294 e. The van der Waals surface area contributed by atoms with Crippen molar-refractivity contribution < 1.29 is 4.79 Å². The van der Waals surface area contributed by atoms with E-state index in [-0.39, 0.29) is 5.92 Å². The number of rotatable bonds is 0. The first kappa shape index (κ1) is 8.03. The van der Waals surface area contributed by atoms with Gasteiger partial charge in [-0.1, -0.05) is 27.4 Å². The minimum Gasteiger partial charge on any atom is -0.294 e. The highest BCUT2D eigenvalue weighted by atomic mass is 16.1. The zero-order valence-corrected chi connectivity index (χ0v) is 8.05. The quantitative estimate of drug-likeness (QED) is 0.502. The van der Waals surface area contributed by atoms with Crippen LogP contribution in [0.25, 0.3) is 0 Å². The molecule has 3 aliphatic carbocycles. The van der Waals surface area contributed by atoms with Crippen LogP contribution in [0.5, 0.6) is 0 Å². The summed E-state index contributed by atoms with van der Waals surface area (Å²) in [5.41, 5.74) is 1.22. The third-order valence-corrected chi connectivity index (χ3v) is 4.10. The predicted molar refractivity (Wildman–Crippen MR) is 48.7 cm³/mol. The number of ketones is 1. The number of Topliss-reactive ketones (excluding diaryl/α,β-unsaturated/α-hetero) is 1. The Bertz CT molecular complexity index is 262. The molecule has 66 valence electrons. The van der Waals surface area contributed by atoms with Gasteiger partial charge in [-0.3, -0.25) is 4.79 Å². The summed E-state index contributed by atoms with van der Waals surface area (Å²) < 4.78 is 0. The smallest absolute Gasteiger partial charge is 0.161 e. The van der Waals surface area contributed by atoms with Gasteiger partial charge in [0.05, 0.1) is 0 Å². The van der Waals surface area contributed by atoms with Crippen LogP contribution >= 0.6 is 0 Å². The topological polar surface area (TPSA) is 17.1 Å². The Labute approximate surface area is 73.8 Å². The van der Waals surface area contributed by atoms with Crippen LogP contribution in [-0.4, -0.2) is 5.78 Å². The lowest BCUT2D eigenvalue weighted by molar-refractivity contribution is -0.139. The van der Waals surface area contributed by atoms with E-state index in [0.717, 1.165) is 5.57 Å². The van der Waals surface area contributed by atoms with E-state index in [9.17, 15) is 4.79 Å². The van der Waals surface area contributed by atoms with Crippen LogP contribution in [0.2, 0.25) is 0 Å². The first-order valence-corrected chi connectivity index (χ1v) is 4.69. The molecule has 0 aromatic carbocycles.